The van der Waals surface area contributed by atoms with E-state index in [-0.39, 0.29) is 5.69 Å². The van der Waals surface area contributed by atoms with Crippen molar-refractivity contribution < 1.29 is 14.3 Å². The molecule has 0 aliphatic heterocycles. The summed E-state index contributed by atoms with van der Waals surface area (Å²) in [4.78, 5) is 11.4. The van der Waals surface area contributed by atoms with E-state index in [4.69, 9.17) is 10.5 Å². The Bertz CT molecular complexity index is 640. The molecule has 1 heterocycles. The lowest BCUT2D eigenvalue weighted by Crippen LogP contribution is -2.07. The molecule has 0 aliphatic carbocycles. The Morgan fingerprint density at radius 3 is 2.80 bits per heavy atom. The molecule has 20 heavy (non-hydrogen) atoms. The van der Waals surface area contributed by atoms with Crippen LogP contribution < -0.4 is 10.5 Å². The molecule has 0 fully saturated rings. The van der Waals surface area contributed by atoms with E-state index in [9.17, 15) is 4.79 Å². The molecule has 2 rings (SSSR count). The third kappa shape index (κ3) is 2.93. The fourth-order valence-corrected chi connectivity index (χ4v) is 2.36. The normalized spacial score (nSPS) is 10.3. The zero-order valence-electron chi connectivity index (χ0n) is 11.1. The van der Waals surface area contributed by atoms with Gasteiger partial charge in [-0.1, -0.05) is 6.07 Å². The topological polar surface area (TPSA) is 79.4 Å². The number of aromatic nitrogens is 2. The summed E-state index contributed by atoms with van der Waals surface area (Å²) in [7, 11) is 2.90. The van der Waals surface area contributed by atoms with Gasteiger partial charge in [-0.25, -0.2) is 4.79 Å². The molecule has 0 atom stereocenters. The van der Waals surface area contributed by atoms with Gasteiger partial charge < -0.3 is 15.2 Å². The maximum absolute atomic E-state index is 11.4. The van der Waals surface area contributed by atoms with Gasteiger partial charge in [0.2, 0.25) is 0 Å². The number of nitrogen functional groups attached to an aromatic ring is 1. The van der Waals surface area contributed by atoms with Crippen LogP contribution in [0.15, 0.2) is 28.9 Å². The van der Waals surface area contributed by atoms with E-state index in [0.717, 1.165) is 15.8 Å². The molecule has 1 aromatic carbocycles. The molecule has 1 aromatic heterocycles. The summed E-state index contributed by atoms with van der Waals surface area (Å²) in [6.07, 6.45) is 1.60. The molecule has 0 bridgehead atoms. The highest BCUT2D eigenvalue weighted by atomic mass is 79.9. The minimum absolute atomic E-state index is 0.125. The third-order valence-corrected chi connectivity index (χ3v) is 3.35. The van der Waals surface area contributed by atoms with E-state index >= 15 is 0 Å². The summed E-state index contributed by atoms with van der Waals surface area (Å²) in [5.74, 6) is 0.209. The van der Waals surface area contributed by atoms with Crippen LogP contribution in [0.25, 0.3) is 0 Å². The Morgan fingerprint density at radius 2 is 2.20 bits per heavy atom. The zero-order valence-corrected chi connectivity index (χ0v) is 12.7. The first kappa shape index (κ1) is 14.4. The number of anilines is 1. The Kier molecular flexibility index (Phi) is 4.29. The Hall–Kier alpha value is -2.02. The zero-order chi connectivity index (χ0) is 14.7. The van der Waals surface area contributed by atoms with Crippen LogP contribution in [0.1, 0.15) is 16.1 Å². The lowest BCUT2D eigenvalue weighted by Gasteiger charge is -2.06. The monoisotopic (exact) mass is 339 g/mol. The number of benzene rings is 1. The molecule has 0 saturated heterocycles. The second kappa shape index (κ2) is 5.96. The first-order chi connectivity index (χ1) is 9.55. The van der Waals surface area contributed by atoms with Crippen LogP contribution in [0.5, 0.6) is 5.75 Å². The number of carbonyl (C=O) groups is 1. The number of rotatable bonds is 4. The van der Waals surface area contributed by atoms with Gasteiger partial charge in [0, 0.05) is 6.20 Å². The van der Waals surface area contributed by atoms with Crippen molar-refractivity contribution in [2.24, 2.45) is 0 Å². The minimum atomic E-state index is -0.544. The van der Waals surface area contributed by atoms with E-state index in [1.54, 1.807) is 18.0 Å². The fraction of sp³-hybridized carbons (Fsp3) is 0.231. The summed E-state index contributed by atoms with van der Waals surface area (Å²) < 4.78 is 12.2. The highest BCUT2D eigenvalue weighted by Crippen LogP contribution is 2.26. The van der Waals surface area contributed by atoms with Gasteiger partial charge in [0.1, 0.15) is 5.75 Å². The van der Waals surface area contributed by atoms with Gasteiger partial charge in [-0.15, -0.1) is 0 Å². The predicted octanol–water partition coefficient (Wildman–Crippen LogP) is 2.07. The summed E-state index contributed by atoms with van der Waals surface area (Å²) in [6.45, 7) is 0.490. The number of halogens is 1. The number of carbonyl (C=O) groups excluding carboxylic acids is 1. The summed E-state index contributed by atoms with van der Waals surface area (Å²) in [5, 5.41) is 4.12. The summed E-state index contributed by atoms with van der Waals surface area (Å²) in [6, 6.07) is 5.70. The molecular weight excluding hydrogens is 326 g/mol. The molecule has 0 spiro atoms. The highest BCUT2D eigenvalue weighted by molar-refractivity contribution is 9.10. The van der Waals surface area contributed by atoms with Crippen molar-refractivity contribution in [3.05, 3.63) is 40.1 Å². The van der Waals surface area contributed by atoms with Gasteiger partial charge in [-0.3, -0.25) is 4.68 Å². The number of esters is 1. The number of hydrogen-bond acceptors (Lipinski definition) is 5. The highest BCUT2D eigenvalue weighted by Gasteiger charge is 2.15. The molecule has 0 aliphatic rings. The summed E-state index contributed by atoms with van der Waals surface area (Å²) >= 11 is 3.42. The van der Waals surface area contributed by atoms with E-state index in [0.29, 0.717) is 12.2 Å². The van der Waals surface area contributed by atoms with Crippen molar-refractivity contribution in [3.8, 4) is 5.75 Å². The number of hydrogen-bond donors (Lipinski definition) is 1. The Balaban J connectivity index is 2.22. The van der Waals surface area contributed by atoms with Gasteiger partial charge in [-0.05, 0) is 33.6 Å². The summed E-state index contributed by atoms with van der Waals surface area (Å²) in [5.41, 5.74) is 7.15. The molecule has 0 unspecified atom stereocenters. The second-order valence-electron chi connectivity index (χ2n) is 4.09. The third-order valence-electron chi connectivity index (χ3n) is 2.73. The Morgan fingerprint density at radius 1 is 1.45 bits per heavy atom. The molecule has 0 saturated carbocycles. The molecule has 0 radical (unpaired) electrons. The molecule has 2 N–H and O–H groups in total. The lowest BCUT2D eigenvalue weighted by molar-refractivity contribution is 0.0594. The van der Waals surface area contributed by atoms with Crippen LogP contribution in [0.2, 0.25) is 0 Å². The Labute approximate surface area is 124 Å². The largest absolute Gasteiger partial charge is 0.496 e. The maximum Gasteiger partial charge on any atom is 0.360 e. The van der Waals surface area contributed by atoms with Crippen molar-refractivity contribution in [3.63, 3.8) is 0 Å². The molecule has 7 heteroatoms. The van der Waals surface area contributed by atoms with E-state index in [2.05, 4.69) is 25.8 Å². The standard InChI is InChI=1S/C13H14BrN3O3/c1-19-11-4-3-8(5-9(11)14)6-17-7-10(15)12(16-17)13(18)20-2/h3-5,7H,6,15H2,1-2H3. The van der Waals surface area contributed by atoms with Crippen LogP contribution in [0.3, 0.4) is 0 Å². The van der Waals surface area contributed by atoms with Crippen molar-refractivity contribution >= 4 is 27.6 Å². The number of nitrogens with zero attached hydrogens (tertiary/aromatic N) is 2. The van der Waals surface area contributed by atoms with Crippen molar-refractivity contribution in [2.45, 2.75) is 6.54 Å². The van der Waals surface area contributed by atoms with E-state index < -0.39 is 5.97 Å². The quantitative estimate of drug-likeness (QED) is 0.862. The second-order valence-corrected chi connectivity index (χ2v) is 4.95. The number of nitrogens with two attached hydrogens (primary N) is 1. The van der Waals surface area contributed by atoms with Gasteiger partial charge >= 0.3 is 5.97 Å². The number of methoxy groups -OCH3 is 2. The van der Waals surface area contributed by atoms with Gasteiger partial charge in [0.15, 0.2) is 5.69 Å². The van der Waals surface area contributed by atoms with E-state index in [1.165, 1.54) is 7.11 Å². The van der Waals surface area contributed by atoms with E-state index in [1.807, 2.05) is 18.2 Å². The lowest BCUT2D eigenvalue weighted by atomic mass is 10.2. The molecular formula is C13H14BrN3O3. The van der Waals surface area contributed by atoms with Crippen LogP contribution in [0.4, 0.5) is 5.69 Å². The predicted molar refractivity (Wildman–Crippen MR) is 77.8 cm³/mol. The van der Waals surface area contributed by atoms with Crippen LogP contribution in [0, 0.1) is 0 Å². The smallest absolute Gasteiger partial charge is 0.360 e. The van der Waals surface area contributed by atoms with Crippen LogP contribution >= 0.6 is 15.9 Å². The molecule has 106 valence electrons. The van der Waals surface area contributed by atoms with Gasteiger partial charge in [0.05, 0.1) is 30.9 Å². The van der Waals surface area contributed by atoms with Crippen molar-refractivity contribution in [2.75, 3.05) is 20.0 Å². The van der Waals surface area contributed by atoms with Gasteiger partial charge in [-0.2, -0.15) is 5.10 Å². The van der Waals surface area contributed by atoms with Crippen LogP contribution in [-0.4, -0.2) is 30.0 Å². The average molecular weight is 340 g/mol. The fourth-order valence-electron chi connectivity index (χ4n) is 1.77. The van der Waals surface area contributed by atoms with Gasteiger partial charge in [0.25, 0.3) is 0 Å². The molecule has 0 amide bonds. The van der Waals surface area contributed by atoms with Crippen molar-refractivity contribution in [1.29, 1.82) is 0 Å². The first-order valence-corrected chi connectivity index (χ1v) is 6.58. The first-order valence-electron chi connectivity index (χ1n) is 5.78. The maximum atomic E-state index is 11.4. The molecule has 6 nitrogen and oxygen atoms in total. The van der Waals surface area contributed by atoms with Crippen molar-refractivity contribution in [1.82, 2.24) is 9.78 Å². The SMILES string of the molecule is COC(=O)c1nn(Cc2ccc(OC)c(Br)c2)cc1N. The minimum Gasteiger partial charge on any atom is -0.496 e. The van der Waals surface area contributed by atoms with Crippen LogP contribution in [-0.2, 0) is 11.3 Å². The number of ether oxygens (including phenoxy) is 2. The molecule has 2 aromatic rings. The average Bonchev–Trinajstić information content (AvgIpc) is 2.79.